The summed E-state index contributed by atoms with van der Waals surface area (Å²) < 4.78 is 13.1. The zero-order chi connectivity index (χ0) is 23.0. The maximum Gasteiger partial charge on any atom is 0.153 e. The van der Waals surface area contributed by atoms with Crippen LogP contribution in [0.15, 0.2) is 72.9 Å². The number of aryl methyl sites for hydroxylation is 2. The zero-order valence-electron chi connectivity index (χ0n) is 18.8. The summed E-state index contributed by atoms with van der Waals surface area (Å²) in [4.78, 5) is 4.31. The third-order valence-corrected chi connectivity index (χ3v) is 5.34. The second kappa shape index (κ2) is 11.0. The van der Waals surface area contributed by atoms with Gasteiger partial charge in [-0.15, -0.1) is 5.10 Å². The summed E-state index contributed by atoms with van der Waals surface area (Å²) >= 11 is 6.22. The summed E-state index contributed by atoms with van der Waals surface area (Å²) in [6.07, 6.45) is 3.50. The largest absolute Gasteiger partial charge is 0.497 e. The first-order chi connectivity index (χ1) is 16.1. The Hall–Kier alpha value is -3.35. The van der Waals surface area contributed by atoms with Crippen molar-refractivity contribution in [1.29, 1.82) is 0 Å². The van der Waals surface area contributed by atoms with E-state index in [1.54, 1.807) is 19.4 Å². The molecule has 170 valence electrons. The Morgan fingerprint density at radius 3 is 2.67 bits per heavy atom. The summed E-state index contributed by atoms with van der Waals surface area (Å²) in [6, 6.07) is 21.7. The molecular weight excluding hydrogens is 436 g/mol. The Kier molecular flexibility index (Phi) is 7.60. The molecule has 0 bridgehead atoms. The topological polar surface area (TPSA) is 61.2 Å². The summed E-state index contributed by atoms with van der Waals surface area (Å²) in [5.74, 6) is 1.42. The Labute approximate surface area is 199 Å². The molecule has 0 aliphatic heterocycles. The first kappa shape index (κ1) is 22.8. The van der Waals surface area contributed by atoms with Gasteiger partial charge >= 0.3 is 0 Å². The molecule has 0 saturated carbocycles. The Balaban J connectivity index is 1.48. The maximum absolute atomic E-state index is 6.22. The molecule has 0 aliphatic rings. The van der Waals surface area contributed by atoms with Gasteiger partial charge in [0.25, 0.3) is 0 Å². The van der Waals surface area contributed by atoms with Crippen LogP contribution >= 0.6 is 11.6 Å². The molecule has 4 rings (SSSR count). The molecule has 2 aromatic heterocycles. The number of benzene rings is 2. The molecule has 0 spiro atoms. The van der Waals surface area contributed by atoms with E-state index in [9.17, 15) is 0 Å². The van der Waals surface area contributed by atoms with E-state index in [0.29, 0.717) is 24.0 Å². The van der Waals surface area contributed by atoms with Gasteiger partial charge in [-0.1, -0.05) is 41.9 Å². The summed E-state index contributed by atoms with van der Waals surface area (Å²) in [6.45, 7) is 3.26. The van der Waals surface area contributed by atoms with Crippen molar-refractivity contribution >= 4 is 23.1 Å². The SMILES string of the molecule is COc1cc(Cl)cc(Nc2cc(CCCOCc3ccccc3)n(-c3ccnc(C)c3)n2)c1. The van der Waals surface area contributed by atoms with Crippen LogP contribution in [0.5, 0.6) is 5.75 Å². The maximum atomic E-state index is 6.22. The fourth-order valence-corrected chi connectivity index (χ4v) is 3.79. The lowest BCUT2D eigenvalue weighted by Crippen LogP contribution is -2.05. The fraction of sp³-hybridized carbons (Fsp3) is 0.231. The molecule has 0 fully saturated rings. The third kappa shape index (κ3) is 6.34. The number of anilines is 2. The van der Waals surface area contributed by atoms with Crippen LogP contribution in [-0.4, -0.2) is 28.5 Å². The van der Waals surface area contributed by atoms with Gasteiger partial charge in [-0.05, 0) is 49.6 Å². The van der Waals surface area contributed by atoms with Crippen molar-refractivity contribution in [2.75, 3.05) is 19.0 Å². The zero-order valence-corrected chi connectivity index (χ0v) is 19.5. The number of hydrogen-bond donors (Lipinski definition) is 1. The predicted molar refractivity (Wildman–Crippen MR) is 132 cm³/mol. The highest BCUT2D eigenvalue weighted by Gasteiger charge is 2.11. The highest BCUT2D eigenvalue weighted by Crippen LogP contribution is 2.27. The first-order valence-corrected chi connectivity index (χ1v) is 11.2. The van der Waals surface area contributed by atoms with E-state index in [-0.39, 0.29) is 0 Å². The highest BCUT2D eigenvalue weighted by atomic mass is 35.5. The Bertz CT molecular complexity index is 1190. The van der Waals surface area contributed by atoms with Crippen molar-refractivity contribution in [3.05, 3.63) is 94.9 Å². The normalized spacial score (nSPS) is 10.9. The van der Waals surface area contributed by atoms with E-state index in [1.165, 1.54) is 5.56 Å². The molecule has 2 aromatic carbocycles. The van der Waals surface area contributed by atoms with E-state index in [2.05, 4.69) is 28.5 Å². The monoisotopic (exact) mass is 462 g/mol. The number of nitrogens with one attached hydrogen (secondary N) is 1. The van der Waals surface area contributed by atoms with E-state index in [0.717, 1.165) is 41.4 Å². The molecule has 0 radical (unpaired) electrons. The first-order valence-electron chi connectivity index (χ1n) is 10.9. The van der Waals surface area contributed by atoms with Crippen LogP contribution in [-0.2, 0) is 17.8 Å². The van der Waals surface area contributed by atoms with Crippen molar-refractivity contribution in [3.8, 4) is 11.4 Å². The number of nitrogens with zero attached hydrogens (tertiary/aromatic N) is 3. The quantitative estimate of drug-likeness (QED) is 0.287. The minimum absolute atomic E-state index is 0.594. The van der Waals surface area contributed by atoms with Gasteiger partial charge in [-0.25, -0.2) is 4.68 Å². The predicted octanol–water partition coefficient (Wildman–Crippen LogP) is 6.13. The van der Waals surface area contributed by atoms with Crippen molar-refractivity contribution in [3.63, 3.8) is 0 Å². The molecular formula is C26H27ClN4O2. The smallest absolute Gasteiger partial charge is 0.153 e. The van der Waals surface area contributed by atoms with Crippen LogP contribution in [0.4, 0.5) is 11.5 Å². The lowest BCUT2D eigenvalue weighted by atomic mass is 10.2. The number of pyridine rings is 1. The van der Waals surface area contributed by atoms with Crippen molar-refractivity contribution in [2.24, 2.45) is 0 Å². The van der Waals surface area contributed by atoms with Crippen LogP contribution in [0.3, 0.4) is 0 Å². The van der Waals surface area contributed by atoms with Crippen molar-refractivity contribution in [1.82, 2.24) is 14.8 Å². The highest BCUT2D eigenvalue weighted by molar-refractivity contribution is 6.31. The number of methoxy groups -OCH3 is 1. The molecule has 33 heavy (non-hydrogen) atoms. The van der Waals surface area contributed by atoms with Gasteiger partial charge < -0.3 is 14.8 Å². The number of halogens is 1. The Morgan fingerprint density at radius 1 is 1.03 bits per heavy atom. The van der Waals surface area contributed by atoms with Crippen LogP contribution < -0.4 is 10.1 Å². The fourth-order valence-electron chi connectivity index (χ4n) is 3.57. The molecule has 1 N–H and O–H groups in total. The van der Waals surface area contributed by atoms with E-state index >= 15 is 0 Å². The molecule has 2 heterocycles. The average Bonchev–Trinajstić information content (AvgIpc) is 3.21. The van der Waals surface area contributed by atoms with Crippen LogP contribution in [0, 0.1) is 6.92 Å². The molecule has 0 aliphatic carbocycles. The molecule has 6 nitrogen and oxygen atoms in total. The van der Waals surface area contributed by atoms with Gasteiger partial charge in [0.15, 0.2) is 5.82 Å². The summed E-state index contributed by atoms with van der Waals surface area (Å²) in [5, 5.41) is 8.74. The number of aromatic nitrogens is 3. The van der Waals surface area contributed by atoms with Gasteiger partial charge in [0.1, 0.15) is 5.75 Å². The van der Waals surface area contributed by atoms with E-state index < -0.39 is 0 Å². The van der Waals surface area contributed by atoms with Crippen LogP contribution in [0.1, 0.15) is 23.4 Å². The Morgan fingerprint density at radius 2 is 1.88 bits per heavy atom. The average molecular weight is 463 g/mol. The van der Waals surface area contributed by atoms with Gasteiger partial charge in [0.05, 0.1) is 19.4 Å². The number of hydrogen-bond acceptors (Lipinski definition) is 5. The second-order valence-corrected chi connectivity index (χ2v) is 8.17. The molecule has 0 atom stereocenters. The third-order valence-electron chi connectivity index (χ3n) is 5.12. The van der Waals surface area contributed by atoms with Crippen molar-refractivity contribution in [2.45, 2.75) is 26.4 Å². The van der Waals surface area contributed by atoms with Crippen LogP contribution in [0.25, 0.3) is 5.69 Å². The summed E-state index contributed by atoms with van der Waals surface area (Å²) in [5.41, 5.74) is 4.99. The molecule has 0 amide bonds. The minimum atomic E-state index is 0.594. The lowest BCUT2D eigenvalue weighted by Gasteiger charge is -2.08. The summed E-state index contributed by atoms with van der Waals surface area (Å²) in [7, 11) is 1.62. The molecule has 0 unspecified atom stereocenters. The molecule has 7 heteroatoms. The van der Waals surface area contributed by atoms with Crippen molar-refractivity contribution < 1.29 is 9.47 Å². The van der Waals surface area contributed by atoms with E-state index in [4.69, 9.17) is 26.2 Å². The minimum Gasteiger partial charge on any atom is -0.497 e. The number of ether oxygens (including phenoxy) is 2. The van der Waals surface area contributed by atoms with Crippen LogP contribution in [0.2, 0.25) is 5.02 Å². The standard InChI is InChI=1S/C26H27ClN4O2/c1-19-13-24(10-11-28-19)31-23(9-6-12-33-18-20-7-4-3-5-8-20)17-26(30-31)29-22-14-21(27)15-25(16-22)32-2/h3-5,7-8,10-11,13-17H,6,9,12,18H2,1-2H3,(H,29,30). The van der Waals surface area contributed by atoms with Gasteiger partial charge in [-0.3, -0.25) is 4.98 Å². The van der Waals surface area contributed by atoms with E-state index in [1.807, 2.05) is 54.1 Å². The second-order valence-electron chi connectivity index (χ2n) is 7.73. The lowest BCUT2D eigenvalue weighted by molar-refractivity contribution is 0.118. The number of rotatable bonds is 10. The van der Waals surface area contributed by atoms with Gasteiger partial charge in [0, 0.05) is 47.0 Å². The molecule has 0 saturated heterocycles. The molecule has 4 aromatic rings. The van der Waals surface area contributed by atoms with Gasteiger partial charge in [-0.2, -0.15) is 0 Å². The van der Waals surface area contributed by atoms with Gasteiger partial charge in [0.2, 0.25) is 0 Å².